The van der Waals surface area contributed by atoms with E-state index in [0.717, 1.165) is 0 Å². The van der Waals surface area contributed by atoms with Crippen molar-refractivity contribution in [2.45, 2.75) is 26.0 Å². The van der Waals surface area contributed by atoms with Crippen molar-refractivity contribution >= 4 is 23.3 Å². The fourth-order valence-electron chi connectivity index (χ4n) is 1.27. The van der Waals surface area contributed by atoms with Gasteiger partial charge in [0.1, 0.15) is 12.6 Å². The summed E-state index contributed by atoms with van der Waals surface area (Å²) in [4.78, 5) is 21.6. The molecule has 7 heteroatoms. The largest absolute Gasteiger partial charge is 0.459 e. The lowest BCUT2D eigenvalue weighted by atomic mass is 10.2. The van der Waals surface area contributed by atoms with Crippen molar-refractivity contribution in [1.82, 2.24) is 0 Å². The fraction of sp³-hybridized carbons (Fsp3) is 0.364. The first-order chi connectivity index (χ1) is 8.45. The first kappa shape index (κ1) is 14.4. The topological polar surface area (TPSA) is 95.5 Å². The van der Waals surface area contributed by atoms with Gasteiger partial charge in [0.15, 0.2) is 0 Å². The van der Waals surface area contributed by atoms with Crippen molar-refractivity contribution < 1.29 is 14.5 Å². The molecule has 1 aromatic carbocycles. The van der Waals surface area contributed by atoms with Gasteiger partial charge in [-0.2, -0.15) is 0 Å². The number of hydrogen-bond acceptors (Lipinski definition) is 5. The van der Waals surface area contributed by atoms with E-state index < -0.39 is 16.9 Å². The molecular weight excluding hydrogens is 260 g/mol. The van der Waals surface area contributed by atoms with Crippen LogP contribution < -0.4 is 5.73 Å². The molecule has 1 rings (SSSR count). The number of ether oxygens (including phenoxy) is 1. The fourth-order valence-corrected chi connectivity index (χ4v) is 1.47. The van der Waals surface area contributed by atoms with Crippen LogP contribution in [0.1, 0.15) is 18.9 Å². The third-order valence-electron chi connectivity index (χ3n) is 2.35. The summed E-state index contributed by atoms with van der Waals surface area (Å²) in [5.74, 6) is -0.591. The number of nitro benzene ring substituents is 1. The number of nitro groups is 1. The maximum atomic E-state index is 11.4. The average molecular weight is 273 g/mol. The molecule has 0 spiro atoms. The number of benzene rings is 1. The Kier molecular flexibility index (Phi) is 5.06. The van der Waals surface area contributed by atoms with Gasteiger partial charge < -0.3 is 10.5 Å². The first-order valence-corrected chi connectivity index (χ1v) is 5.68. The molecule has 1 unspecified atom stereocenters. The van der Waals surface area contributed by atoms with Gasteiger partial charge in [0.05, 0.1) is 10.5 Å². The summed E-state index contributed by atoms with van der Waals surface area (Å²) in [5, 5.41) is 11.1. The van der Waals surface area contributed by atoms with Crippen LogP contribution in [0.2, 0.25) is 5.02 Å². The zero-order valence-corrected chi connectivity index (χ0v) is 10.5. The van der Waals surface area contributed by atoms with Crippen LogP contribution in [-0.2, 0) is 16.1 Å². The zero-order chi connectivity index (χ0) is 13.7. The van der Waals surface area contributed by atoms with E-state index in [1.54, 1.807) is 6.92 Å². The summed E-state index contributed by atoms with van der Waals surface area (Å²) in [6.45, 7) is 1.52. The highest BCUT2D eigenvalue weighted by Gasteiger charge is 2.17. The predicted octanol–water partition coefficient (Wildman–Crippen LogP) is 2.03. The van der Waals surface area contributed by atoms with Crippen LogP contribution in [0.25, 0.3) is 0 Å². The van der Waals surface area contributed by atoms with E-state index in [0.29, 0.717) is 11.4 Å². The summed E-state index contributed by atoms with van der Waals surface area (Å²) in [5.41, 5.74) is 5.57. The van der Waals surface area contributed by atoms with E-state index in [1.807, 2.05) is 0 Å². The van der Waals surface area contributed by atoms with Crippen molar-refractivity contribution in [2.24, 2.45) is 5.73 Å². The van der Waals surface area contributed by atoms with E-state index >= 15 is 0 Å². The Balaban J connectivity index is 2.81. The van der Waals surface area contributed by atoms with Crippen molar-refractivity contribution in [3.63, 3.8) is 0 Å². The molecule has 0 amide bonds. The summed E-state index contributed by atoms with van der Waals surface area (Å²) in [6.07, 6.45) is 0.441. The minimum atomic E-state index is -0.719. The number of carbonyl (C=O) groups excluding carboxylic acids is 1. The van der Waals surface area contributed by atoms with Crippen LogP contribution >= 0.6 is 11.6 Å². The molecule has 1 aromatic rings. The predicted molar refractivity (Wildman–Crippen MR) is 66.2 cm³/mol. The molecule has 0 fully saturated rings. The number of hydrogen-bond donors (Lipinski definition) is 1. The Hall–Kier alpha value is -1.66. The highest BCUT2D eigenvalue weighted by Crippen LogP contribution is 2.23. The van der Waals surface area contributed by atoms with Crippen molar-refractivity contribution in [3.05, 3.63) is 38.9 Å². The smallest absolute Gasteiger partial charge is 0.323 e. The van der Waals surface area contributed by atoms with Crippen LogP contribution in [0.3, 0.4) is 0 Å². The zero-order valence-electron chi connectivity index (χ0n) is 9.76. The summed E-state index contributed by atoms with van der Waals surface area (Å²) < 4.78 is 4.90. The lowest BCUT2D eigenvalue weighted by Gasteiger charge is -2.09. The number of esters is 1. The first-order valence-electron chi connectivity index (χ1n) is 5.30. The molecule has 0 radical (unpaired) electrons. The van der Waals surface area contributed by atoms with Crippen LogP contribution in [0.4, 0.5) is 5.69 Å². The van der Waals surface area contributed by atoms with Gasteiger partial charge >= 0.3 is 5.97 Å². The standard InChI is InChI=1S/C11H13ClN2O4/c1-2-9(13)11(15)18-6-7-5-8(12)3-4-10(7)14(16)17/h3-5,9H,2,6,13H2,1H3. The third kappa shape index (κ3) is 3.68. The molecule has 0 saturated heterocycles. The SMILES string of the molecule is CCC(N)C(=O)OCc1cc(Cl)ccc1[N+](=O)[O-]. The maximum absolute atomic E-state index is 11.4. The summed E-state index contributed by atoms with van der Waals surface area (Å²) in [6, 6.07) is 3.35. The molecular formula is C11H13ClN2O4. The van der Waals surface area contributed by atoms with Gasteiger partial charge in [-0.05, 0) is 18.6 Å². The second-order valence-corrected chi connectivity index (χ2v) is 4.09. The molecule has 0 aliphatic heterocycles. The normalized spacial score (nSPS) is 11.9. The Bertz CT molecular complexity index is 464. The summed E-state index contributed by atoms with van der Waals surface area (Å²) in [7, 11) is 0. The highest BCUT2D eigenvalue weighted by atomic mass is 35.5. The lowest BCUT2D eigenvalue weighted by molar-refractivity contribution is -0.385. The van der Waals surface area contributed by atoms with Gasteiger partial charge in [0.2, 0.25) is 0 Å². The number of carbonyl (C=O) groups is 1. The second-order valence-electron chi connectivity index (χ2n) is 3.65. The molecule has 6 nitrogen and oxygen atoms in total. The monoisotopic (exact) mass is 272 g/mol. The Morgan fingerprint density at radius 2 is 2.28 bits per heavy atom. The van der Waals surface area contributed by atoms with E-state index in [2.05, 4.69) is 0 Å². The number of rotatable bonds is 5. The van der Waals surface area contributed by atoms with Crippen LogP contribution in [0, 0.1) is 10.1 Å². The van der Waals surface area contributed by atoms with E-state index in [9.17, 15) is 14.9 Å². The second kappa shape index (κ2) is 6.32. The van der Waals surface area contributed by atoms with Crippen LogP contribution in [-0.4, -0.2) is 16.9 Å². The molecule has 98 valence electrons. The summed E-state index contributed by atoms with van der Waals surface area (Å²) >= 11 is 5.74. The van der Waals surface area contributed by atoms with Crippen LogP contribution in [0.5, 0.6) is 0 Å². The van der Waals surface area contributed by atoms with Crippen molar-refractivity contribution in [3.8, 4) is 0 Å². The van der Waals surface area contributed by atoms with Gasteiger partial charge in [0, 0.05) is 11.1 Å². The molecule has 0 saturated carbocycles. The van der Waals surface area contributed by atoms with Gasteiger partial charge in [0.25, 0.3) is 5.69 Å². The maximum Gasteiger partial charge on any atom is 0.323 e. The van der Waals surface area contributed by atoms with E-state index in [-0.39, 0.29) is 17.9 Å². The number of nitrogens with zero attached hydrogens (tertiary/aromatic N) is 1. The van der Waals surface area contributed by atoms with Gasteiger partial charge in [-0.25, -0.2) is 0 Å². The Morgan fingerprint density at radius 1 is 1.61 bits per heavy atom. The minimum absolute atomic E-state index is 0.141. The van der Waals surface area contributed by atoms with Gasteiger partial charge in [-0.1, -0.05) is 18.5 Å². The molecule has 0 bridgehead atoms. The molecule has 0 aliphatic carbocycles. The van der Waals surface area contributed by atoms with Crippen molar-refractivity contribution in [2.75, 3.05) is 0 Å². The van der Waals surface area contributed by atoms with Crippen molar-refractivity contribution in [1.29, 1.82) is 0 Å². The van der Waals surface area contributed by atoms with Gasteiger partial charge in [-0.3, -0.25) is 14.9 Å². The van der Waals surface area contributed by atoms with E-state index in [1.165, 1.54) is 18.2 Å². The number of halogens is 1. The average Bonchev–Trinajstić information content (AvgIpc) is 2.34. The van der Waals surface area contributed by atoms with Crippen LogP contribution in [0.15, 0.2) is 18.2 Å². The quantitative estimate of drug-likeness (QED) is 0.503. The molecule has 0 aliphatic rings. The Morgan fingerprint density at radius 3 is 2.83 bits per heavy atom. The number of nitrogens with two attached hydrogens (primary N) is 1. The third-order valence-corrected chi connectivity index (χ3v) is 2.59. The van der Waals surface area contributed by atoms with E-state index in [4.69, 9.17) is 22.1 Å². The molecule has 0 aromatic heterocycles. The lowest BCUT2D eigenvalue weighted by Crippen LogP contribution is -2.31. The molecule has 0 heterocycles. The molecule has 18 heavy (non-hydrogen) atoms. The minimum Gasteiger partial charge on any atom is -0.459 e. The molecule has 2 N–H and O–H groups in total. The highest BCUT2D eigenvalue weighted by molar-refractivity contribution is 6.30. The Labute approximate surface area is 109 Å². The van der Waals surface area contributed by atoms with Gasteiger partial charge in [-0.15, -0.1) is 0 Å². The molecule has 1 atom stereocenters.